The van der Waals surface area contributed by atoms with Crippen molar-refractivity contribution in [3.63, 3.8) is 0 Å². The van der Waals surface area contributed by atoms with Crippen LogP contribution in [0, 0.1) is 0 Å². The van der Waals surface area contributed by atoms with Crippen molar-refractivity contribution in [1.82, 2.24) is 10.3 Å². The van der Waals surface area contributed by atoms with Crippen LogP contribution in [0.2, 0.25) is 0 Å². The van der Waals surface area contributed by atoms with E-state index < -0.39 is 11.9 Å². The Morgan fingerprint density at radius 1 is 1.32 bits per heavy atom. The Morgan fingerprint density at radius 2 is 2.14 bits per heavy atom. The number of hydrogen-bond acceptors (Lipinski definition) is 5. The summed E-state index contributed by atoms with van der Waals surface area (Å²) < 4.78 is 5.46. The molecule has 2 amide bonds. The van der Waals surface area contributed by atoms with Crippen LogP contribution >= 0.6 is 11.3 Å². The second-order valence-electron chi connectivity index (χ2n) is 4.67. The smallest absolute Gasteiger partial charge is 0.287 e. The molecule has 3 aromatic rings. The topological polar surface area (TPSA) is 84.2 Å². The molecule has 0 aliphatic carbocycles. The summed E-state index contributed by atoms with van der Waals surface area (Å²) in [7, 11) is 0. The van der Waals surface area contributed by atoms with Gasteiger partial charge in [0, 0.05) is 17.0 Å². The van der Waals surface area contributed by atoms with Gasteiger partial charge in [-0.1, -0.05) is 18.2 Å². The predicted molar refractivity (Wildman–Crippen MR) is 83.9 cm³/mol. The molecule has 0 fully saturated rings. The van der Waals surface area contributed by atoms with Crippen molar-refractivity contribution in [2.24, 2.45) is 0 Å². The zero-order valence-corrected chi connectivity index (χ0v) is 12.5. The molecule has 1 atom stereocenters. The molecule has 0 spiro atoms. The highest BCUT2D eigenvalue weighted by molar-refractivity contribution is 7.13. The lowest BCUT2D eigenvalue weighted by Gasteiger charge is -2.11. The Morgan fingerprint density at radius 3 is 2.86 bits per heavy atom. The number of carbonyl (C=O) groups excluding carboxylic acids is 2. The molecule has 0 saturated heterocycles. The molecule has 0 aliphatic heterocycles. The van der Waals surface area contributed by atoms with E-state index in [9.17, 15) is 9.59 Å². The van der Waals surface area contributed by atoms with Gasteiger partial charge in [-0.05, 0) is 19.1 Å². The molecule has 22 heavy (non-hydrogen) atoms. The third-order valence-corrected chi connectivity index (χ3v) is 3.74. The first-order valence-corrected chi connectivity index (χ1v) is 7.51. The van der Waals surface area contributed by atoms with Crippen molar-refractivity contribution in [1.29, 1.82) is 0 Å². The number of nitrogens with zero attached hydrogens (tertiary/aromatic N) is 1. The first kappa shape index (κ1) is 14.3. The number of aromatic nitrogens is 1. The highest BCUT2D eigenvalue weighted by atomic mass is 32.1. The molecule has 2 aromatic heterocycles. The largest absolute Gasteiger partial charge is 0.451 e. The number of carbonyl (C=O) groups is 2. The molecule has 0 radical (unpaired) electrons. The van der Waals surface area contributed by atoms with Gasteiger partial charge in [0.25, 0.3) is 5.91 Å². The van der Waals surface area contributed by atoms with E-state index >= 15 is 0 Å². The van der Waals surface area contributed by atoms with Gasteiger partial charge in [0.15, 0.2) is 10.9 Å². The van der Waals surface area contributed by atoms with E-state index in [-0.39, 0.29) is 11.7 Å². The number of furan rings is 1. The maximum absolute atomic E-state index is 12.1. The van der Waals surface area contributed by atoms with Gasteiger partial charge in [0.1, 0.15) is 11.6 Å². The van der Waals surface area contributed by atoms with Crippen molar-refractivity contribution in [2.45, 2.75) is 13.0 Å². The molecule has 7 heteroatoms. The second kappa shape index (κ2) is 5.98. The zero-order valence-electron chi connectivity index (χ0n) is 11.7. The maximum atomic E-state index is 12.1. The van der Waals surface area contributed by atoms with Gasteiger partial charge in [-0.2, -0.15) is 0 Å². The van der Waals surface area contributed by atoms with Crippen LogP contribution in [0.15, 0.2) is 46.3 Å². The summed E-state index contributed by atoms with van der Waals surface area (Å²) in [5.74, 6) is -0.590. The van der Waals surface area contributed by atoms with Crippen LogP contribution in [0.4, 0.5) is 5.13 Å². The molecule has 1 aromatic carbocycles. The standard InChI is InChI=1S/C15H13N3O3S/c1-9(13(19)18-15-16-6-7-22-15)17-14(20)12-8-10-4-2-3-5-11(10)21-12/h2-9H,1H3,(H,17,20)(H,16,18,19)/t9-/m1/s1. The second-order valence-corrected chi connectivity index (χ2v) is 5.56. The minimum atomic E-state index is -0.704. The van der Waals surface area contributed by atoms with Gasteiger partial charge in [-0.25, -0.2) is 4.98 Å². The van der Waals surface area contributed by atoms with Gasteiger partial charge in [0.2, 0.25) is 5.91 Å². The molecule has 3 rings (SSSR count). The predicted octanol–water partition coefficient (Wildman–Crippen LogP) is 2.65. The minimum Gasteiger partial charge on any atom is -0.451 e. The fourth-order valence-corrected chi connectivity index (χ4v) is 2.46. The first-order valence-electron chi connectivity index (χ1n) is 6.63. The number of amides is 2. The van der Waals surface area contributed by atoms with Gasteiger partial charge < -0.3 is 15.1 Å². The molecule has 2 heterocycles. The Bertz CT molecular complexity index is 777. The lowest BCUT2D eigenvalue weighted by molar-refractivity contribution is -0.117. The fourth-order valence-electron chi connectivity index (χ4n) is 1.93. The number of anilines is 1. The van der Waals surface area contributed by atoms with Gasteiger partial charge in [-0.15, -0.1) is 11.3 Å². The van der Waals surface area contributed by atoms with Gasteiger partial charge in [-0.3, -0.25) is 9.59 Å². The summed E-state index contributed by atoms with van der Waals surface area (Å²) in [6.07, 6.45) is 1.60. The number of hydrogen-bond donors (Lipinski definition) is 2. The lowest BCUT2D eigenvalue weighted by Crippen LogP contribution is -2.41. The highest BCUT2D eigenvalue weighted by Gasteiger charge is 2.19. The Balaban J connectivity index is 1.66. The quantitative estimate of drug-likeness (QED) is 0.775. The number of fused-ring (bicyclic) bond motifs is 1. The van der Waals surface area contributed by atoms with Crippen molar-refractivity contribution in [3.05, 3.63) is 47.7 Å². The van der Waals surface area contributed by atoms with Crippen LogP contribution in [0.3, 0.4) is 0 Å². The molecule has 6 nitrogen and oxygen atoms in total. The van der Waals surface area contributed by atoms with Gasteiger partial charge >= 0.3 is 0 Å². The average Bonchev–Trinajstić information content (AvgIpc) is 3.15. The summed E-state index contributed by atoms with van der Waals surface area (Å²) >= 11 is 1.31. The highest BCUT2D eigenvalue weighted by Crippen LogP contribution is 2.18. The minimum absolute atomic E-state index is 0.176. The van der Waals surface area contributed by atoms with Crippen molar-refractivity contribution in [3.8, 4) is 0 Å². The normalized spacial score (nSPS) is 12.0. The number of benzene rings is 1. The Hall–Kier alpha value is -2.67. The van der Waals surface area contributed by atoms with Crippen LogP contribution in [-0.4, -0.2) is 22.8 Å². The molecule has 0 unspecified atom stereocenters. The Kier molecular flexibility index (Phi) is 3.88. The van der Waals surface area contributed by atoms with E-state index in [2.05, 4.69) is 15.6 Å². The zero-order chi connectivity index (χ0) is 15.5. The molecule has 0 bridgehead atoms. The van der Waals surface area contributed by atoms with E-state index in [1.54, 1.807) is 30.6 Å². The molecule has 0 saturated carbocycles. The van der Waals surface area contributed by atoms with Crippen LogP contribution < -0.4 is 10.6 Å². The molecular formula is C15H13N3O3S. The number of para-hydroxylation sites is 1. The van der Waals surface area contributed by atoms with E-state index in [1.165, 1.54) is 11.3 Å². The average molecular weight is 315 g/mol. The summed E-state index contributed by atoms with van der Waals surface area (Å²) in [5, 5.41) is 8.32. The monoisotopic (exact) mass is 315 g/mol. The van der Waals surface area contributed by atoms with Crippen molar-refractivity contribution in [2.75, 3.05) is 5.32 Å². The Labute approximate surface area is 130 Å². The molecule has 112 valence electrons. The van der Waals surface area contributed by atoms with Crippen molar-refractivity contribution < 1.29 is 14.0 Å². The van der Waals surface area contributed by atoms with E-state index in [0.717, 1.165) is 5.39 Å². The fraction of sp³-hybridized carbons (Fsp3) is 0.133. The molecule has 2 N–H and O–H groups in total. The maximum Gasteiger partial charge on any atom is 0.287 e. The summed E-state index contributed by atoms with van der Waals surface area (Å²) in [4.78, 5) is 28.1. The van der Waals surface area contributed by atoms with E-state index in [4.69, 9.17) is 4.42 Å². The third-order valence-electron chi connectivity index (χ3n) is 3.05. The number of rotatable bonds is 4. The van der Waals surface area contributed by atoms with E-state index in [1.807, 2.05) is 18.2 Å². The number of thiazole rings is 1. The van der Waals surface area contributed by atoms with Crippen LogP contribution in [-0.2, 0) is 4.79 Å². The summed E-state index contributed by atoms with van der Waals surface area (Å²) in [5.41, 5.74) is 0.632. The molecular weight excluding hydrogens is 302 g/mol. The SMILES string of the molecule is C[C@@H](NC(=O)c1cc2ccccc2o1)C(=O)Nc1nccs1. The number of nitrogens with one attached hydrogen (secondary N) is 2. The molecule has 0 aliphatic rings. The van der Waals surface area contributed by atoms with E-state index in [0.29, 0.717) is 10.7 Å². The lowest BCUT2D eigenvalue weighted by atomic mass is 10.2. The summed E-state index contributed by atoms with van der Waals surface area (Å²) in [6, 6.07) is 8.28. The van der Waals surface area contributed by atoms with Gasteiger partial charge in [0.05, 0.1) is 0 Å². The van der Waals surface area contributed by atoms with Crippen LogP contribution in [0.5, 0.6) is 0 Å². The van der Waals surface area contributed by atoms with Crippen LogP contribution in [0.1, 0.15) is 17.5 Å². The van der Waals surface area contributed by atoms with Crippen LogP contribution in [0.25, 0.3) is 11.0 Å². The summed E-state index contributed by atoms with van der Waals surface area (Å²) in [6.45, 7) is 1.60. The first-order chi connectivity index (χ1) is 10.6. The van der Waals surface area contributed by atoms with Crippen molar-refractivity contribution >= 4 is 39.3 Å². The third kappa shape index (κ3) is 2.99.